The van der Waals surface area contributed by atoms with Gasteiger partial charge in [0.15, 0.2) is 5.11 Å². The van der Waals surface area contributed by atoms with Crippen LogP contribution in [0, 0.1) is 0 Å². The summed E-state index contributed by atoms with van der Waals surface area (Å²) in [5.41, 5.74) is 0. The van der Waals surface area contributed by atoms with E-state index >= 15 is 0 Å². The van der Waals surface area contributed by atoms with Gasteiger partial charge >= 0.3 is 0 Å². The zero-order chi connectivity index (χ0) is 14.4. The molecule has 0 aliphatic carbocycles. The van der Waals surface area contributed by atoms with Gasteiger partial charge in [-0.05, 0) is 31.5 Å². The summed E-state index contributed by atoms with van der Waals surface area (Å²) in [6, 6.07) is 1.79. The van der Waals surface area contributed by atoms with E-state index in [1.165, 1.54) is 19.3 Å². The fraction of sp³-hybridized carbons (Fsp3) is 0.462. The number of nitrogens with zero attached hydrogens (tertiary/aromatic N) is 3. The fourth-order valence-corrected chi connectivity index (χ4v) is 2.41. The van der Waals surface area contributed by atoms with Crippen LogP contribution in [0.4, 0.5) is 11.8 Å². The second kappa shape index (κ2) is 7.40. The molecule has 1 aromatic heterocycles. The van der Waals surface area contributed by atoms with E-state index in [1.807, 2.05) is 0 Å². The molecule has 0 atom stereocenters. The van der Waals surface area contributed by atoms with Gasteiger partial charge in [-0.25, -0.2) is 4.98 Å². The molecule has 1 aliphatic heterocycles. The van der Waals surface area contributed by atoms with Gasteiger partial charge < -0.3 is 15.5 Å². The van der Waals surface area contributed by atoms with Crippen molar-refractivity contribution >= 4 is 40.7 Å². The first-order chi connectivity index (χ1) is 9.69. The maximum atomic E-state index is 6.06. The average molecular weight is 312 g/mol. The Morgan fingerprint density at radius 2 is 2.15 bits per heavy atom. The highest BCUT2D eigenvalue weighted by Crippen LogP contribution is 2.21. The van der Waals surface area contributed by atoms with Crippen LogP contribution < -0.4 is 15.5 Å². The summed E-state index contributed by atoms with van der Waals surface area (Å²) in [5.74, 6) is 1.26. The Kier molecular flexibility index (Phi) is 5.55. The number of halogens is 1. The van der Waals surface area contributed by atoms with Gasteiger partial charge in [0.25, 0.3) is 0 Å². The minimum absolute atomic E-state index is 0.412. The molecule has 0 aromatic carbocycles. The second-order valence-corrected chi connectivity index (χ2v) is 5.34. The molecule has 0 radical (unpaired) electrons. The van der Waals surface area contributed by atoms with Crippen molar-refractivity contribution in [3.63, 3.8) is 0 Å². The third kappa shape index (κ3) is 4.31. The second-order valence-electron chi connectivity index (χ2n) is 4.54. The van der Waals surface area contributed by atoms with Crippen molar-refractivity contribution in [2.45, 2.75) is 19.3 Å². The number of rotatable bonds is 4. The minimum Gasteiger partial charge on any atom is -0.359 e. The molecule has 5 nitrogen and oxygen atoms in total. The van der Waals surface area contributed by atoms with Crippen LogP contribution in [0.2, 0.25) is 5.15 Å². The van der Waals surface area contributed by atoms with Crippen molar-refractivity contribution < 1.29 is 0 Å². The first-order valence-electron chi connectivity index (χ1n) is 6.64. The number of hydrogen-bond acceptors (Lipinski definition) is 4. The first-order valence-corrected chi connectivity index (χ1v) is 7.43. The van der Waals surface area contributed by atoms with Crippen molar-refractivity contribution in [1.29, 1.82) is 0 Å². The number of thiocarbonyl (C=S) groups is 1. The van der Waals surface area contributed by atoms with Crippen LogP contribution in [0.5, 0.6) is 0 Å². The molecule has 0 saturated carbocycles. The van der Waals surface area contributed by atoms with Crippen molar-refractivity contribution in [2.75, 3.05) is 29.9 Å². The quantitative estimate of drug-likeness (QED) is 0.506. The van der Waals surface area contributed by atoms with Gasteiger partial charge in [-0.15, -0.1) is 6.58 Å². The van der Waals surface area contributed by atoms with Gasteiger partial charge in [0.2, 0.25) is 5.95 Å². The highest BCUT2D eigenvalue weighted by molar-refractivity contribution is 7.80. The molecular formula is C13H18ClN5S. The molecule has 1 aliphatic rings. The summed E-state index contributed by atoms with van der Waals surface area (Å²) in [6.45, 7) is 6.22. The molecule has 0 amide bonds. The van der Waals surface area contributed by atoms with E-state index < -0.39 is 0 Å². The van der Waals surface area contributed by atoms with Crippen LogP contribution in [-0.4, -0.2) is 34.7 Å². The first kappa shape index (κ1) is 15.0. The molecule has 0 spiro atoms. The van der Waals surface area contributed by atoms with Gasteiger partial charge in [0.05, 0.1) is 0 Å². The Morgan fingerprint density at radius 3 is 2.85 bits per heavy atom. The summed E-state index contributed by atoms with van der Waals surface area (Å²) in [7, 11) is 0. The standard InChI is InChI=1S/C13H18ClN5S/c1-2-6-15-13(20)18-12-16-10(14)9-11(17-12)19-7-4-3-5-8-19/h2,9H,1,3-8H2,(H2,15,16,17,18,20). The summed E-state index contributed by atoms with van der Waals surface area (Å²) in [5, 5.41) is 6.77. The molecule has 2 rings (SSSR count). The molecule has 0 bridgehead atoms. The van der Waals surface area contributed by atoms with Gasteiger partial charge in [-0.1, -0.05) is 17.7 Å². The molecule has 1 fully saturated rings. The topological polar surface area (TPSA) is 53.1 Å². The van der Waals surface area contributed by atoms with Crippen molar-refractivity contribution in [3.05, 3.63) is 23.9 Å². The lowest BCUT2D eigenvalue weighted by Crippen LogP contribution is -2.32. The Labute approximate surface area is 129 Å². The number of piperidine rings is 1. The largest absolute Gasteiger partial charge is 0.359 e. The lowest BCUT2D eigenvalue weighted by Gasteiger charge is -2.27. The lowest BCUT2D eigenvalue weighted by atomic mass is 10.1. The lowest BCUT2D eigenvalue weighted by molar-refractivity contribution is 0.573. The maximum Gasteiger partial charge on any atom is 0.232 e. The van der Waals surface area contributed by atoms with Crippen molar-refractivity contribution in [2.24, 2.45) is 0 Å². The number of nitrogens with one attached hydrogen (secondary N) is 2. The normalized spacial score (nSPS) is 14.8. The molecule has 1 saturated heterocycles. The average Bonchev–Trinajstić information content (AvgIpc) is 2.45. The van der Waals surface area contributed by atoms with Crippen LogP contribution in [0.15, 0.2) is 18.7 Å². The van der Waals surface area contributed by atoms with Crippen LogP contribution in [-0.2, 0) is 0 Å². The summed E-state index contributed by atoms with van der Waals surface area (Å²) in [6.07, 6.45) is 5.37. The summed E-state index contributed by atoms with van der Waals surface area (Å²) >= 11 is 11.2. The maximum absolute atomic E-state index is 6.06. The van der Waals surface area contributed by atoms with E-state index in [0.29, 0.717) is 22.8 Å². The van der Waals surface area contributed by atoms with Crippen molar-refractivity contribution in [3.8, 4) is 0 Å². The van der Waals surface area contributed by atoms with Gasteiger partial charge in [-0.3, -0.25) is 0 Å². The Hall–Kier alpha value is -1.40. The Bertz CT molecular complexity index is 488. The summed E-state index contributed by atoms with van der Waals surface area (Å²) in [4.78, 5) is 10.8. The molecule has 1 aromatic rings. The number of aromatic nitrogens is 2. The minimum atomic E-state index is 0.412. The van der Waals surface area contributed by atoms with E-state index in [2.05, 4.69) is 32.1 Å². The monoisotopic (exact) mass is 311 g/mol. The van der Waals surface area contributed by atoms with E-state index in [0.717, 1.165) is 18.9 Å². The highest BCUT2D eigenvalue weighted by Gasteiger charge is 2.14. The summed E-state index contributed by atoms with van der Waals surface area (Å²) < 4.78 is 0. The fourth-order valence-electron chi connectivity index (χ4n) is 2.06. The van der Waals surface area contributed by atoms with Crippen LogP contribution >= 0.6 is 23.8 Å². The smallest absolute Gasteiger partial charge is 0.232 e. The van der Waals surface area contributed by atoms with E-state index in [9.17, 15) is 0 Å². The van der Waals surface area contributed by atoms with Gasteiger partial charge in [0.1, 0.15) is 11.0 Å². The zero-order valence-corrected chi connectivity index (χ0v) is 12.8. The van der Waals surface area contributed by atoms with E-state index in [1.54, 1.807) is 12.1 Å². The van der Waals surface area contributed by atoms with Crippen molar-refractivity contribution in [1.82, 2.24) is 15.3 Å². The molecule has 7 heteroatoms. The molecule has 20 heavy (non-hydrogen) atoms. The molecular weight excluding hydrogens is 294 g/mol. The Morgan fingerprint density at radius 1 is 1.40 bits per heavy atom. The third-order valence-electron chi connectivity index (χ3n) is 2.99. The Balaban J connectivity index is 2.07. The third-order valence-corrected chi connectivity index (χ3v) is 3.43. The number of anilines is 2. The SMILES string of the molecule is C=CCNC(=S)Nc1nc(Cl)cc(N2CCCCC2)n1. The molecule has 0 unspecified atom stereocenters. The van der Waals surface area contributed by atoms with Gasteiger partial charge in [-0.2, -0.15) is 4.98 Å². The predicted molar refractivity (Wildman–Crippen MR) is 87.5 cm³/mol. The number of hydrogen-bond donors (Lipinski definition) is 2. The predicted octanol–water partition coefficient (Wildman–Crippen LogP) is 2.59. The van der Waals surface area contributed by atoms with E-state index in [4.69, 9.17) is 23.8 Å². The van der Waals surface area contributed by atoms with Crippen LogP contribution in [0.3, 0.4) is 0 Å². The molecule has 2 N–H and O–H groups in total. The highest BCUT2D eigenvalue weighted by atomic mass is 35.5. The zero-order valence-electron chi connectivity index (χ0n) is 11.2. The van der Waals surface area contributed by atoms with Gasteiger partial charge in [0, 0.05) is 25.7 Å². The molecule has 108 valence electrons. The van der Waals surface area contributed by atoms with Crippen LogP contribution in [0.1, 0.15) is 19.3 Å². The van der Waals surface area contributed by atoms with E-state index in [-0.39, 0.29) is 0 Å². The van der Waals surface area contributed by atoms with Crippen LogP contribution in [0.25, 0.3) is 0 Å². The molecule has 2 heterocycles.